The van der Waals surface area contributed by atoms with Crippen molar-refractivity contribution in [3.05, 3.63) is 50.3 Å². The van der Waals surface area contributed by atoms with Crippen LogP contribution in [0.3, 0.4) is 0 Å². The van der Waals surface area contributed by atoms with Gasteiger partial charge in [0.1, 0.15) is 18.9 Å². The van der Waals surface area contributed by atoms with Crippen molar-refractivity contribution < 1.29 is 24.2 Å². The van der Waals surface area contributed by atoms with E-state index in [1.54, 1.807) is 11.0 Å². The number of carboxylic acids is 1. The van der Waals surface area contributed by atoms with Crippen molar-refractivity contribution >= 4 is 40.7 Å². The number of allylic oxidation sites excluding steroid dienone is 4. The maximum absolute atomic E-state index is 13.8. The smallest absolute Gasteiger partial charge is 0.323 e. The van der Waals surface area contributed by atoms with Crippen molar-refractivity contribution in [3.8, 4) is 18.1 Å². The molecule has 0 unspecified atom stereocenters. The minimum Gasteiger partial charge on any atom is -0.480 e. The van der Waals surface area contributed by atoms with Crippen molar-refractivity contribution in [2.24, 2.45) is 10.8 Å². The Hall–Kier alpha value is -2.75. The third-order valence-electron chi connectivity index (χ3n) is 6.96. The number of nitrogens with zero attached hydrogens (tertiary/aromatic N) is 1. The summed E-state index contributed by atoms with van der Waals surface area (Å²) >= 11 is 12.9. The van der Waals surface area contributed by atoms with Crippen LogP contribution in [0.2, 0.25) is 10.0 Å². The van der Waals surface area contributed by atoms with Crippen molar-refractivity contribution in [3.63, 3.8) is 0 Å². The van der Waals surface area contributed by atoms with E-state index in [-0.39, 0.29) is 59.2 Å². The minimum absolute atomic E-state index is 0.0635. The van der Waals surface area contributed by atoms with E-state index in [1.807, 2.05) is 27.7 Å². The highest BCUT2D eigenvalue weighted by Gasteiger charge is 2.50. The lowest BCUT2D eigenvalue weighted by atomic mass is 9.63. The largest absolute Gasteiger partial charge is 0.480 e. The Kier molecular flexibility index (Phi) is 6.79. The molecule has 0 atom stereocenters. The van der Waals surface area contributed by atoms with Crippen LogP contribution in [0.25, 0.3) is 0 Å². The summed E-state index contributed by atoms with van der Waals surface area (Å²) < 4.78 is 5.83. The molecular weight excluding hydrogens is 501 g/mol. The van der Waals surface area contributed by atoms with Gasteiger partial charge in [-0.15, -0.1) is 6.42 Å². The molecule has 1 N–H and O–H groups in total. The Bertz CT molecular complexity index is 1230. The molecule has 0 amide bonds. The fourth-order valence-corrected chi connectivity index (χ4v) is 6.31. The van der Waals surface area contributed by atoms with Crippen LogP contribution in [0, 0.1) is 23.2 Å². The molecule has 1 aliphatic heterocycles. The standard InChI is InChI=1S/C28H29Cl2NO5/c1-6-7-36-26-16(8-15(29)9-17(26)30)23-24-18(10-27(2,3)12-20(24)32)31(14-22(34)35)19-11-28(4,5)13-21(33)25(19)23/h1,8-9,23H,7,10-14H2,2-5H3,(H,34,35). The number of ketones is 2. The van der Waals surface area contributed by atoms with Crippen LogP contribution in [-0.4, -0.2) is 40.7 Å². The fraction of sp³-hybridized carbons (Fsp3) is 0.464. The molecular formula is C28H29Cl2NO5. The maximum Gasteiger partial charge on any atom is 0.323 e. The van der Waals surface area contributed by atoms with Gasteiger partial charge in [0.15, 0.2) is 11.6 Å². The van der Waals surface area contributed by atoms with Crippen molar-refractivity contribution in [1.29, 1.82) is 0 Å². The maximum atomic E-state index is 13.8. The predicted molar refractivity (Wildman–Crippen MR) is 138 cm³/mol. The van der Waals surface area contributed by atoms with Crippen LogP contribution in [0.15, 0.2) is 34.7 Å². The number of rotatable bonds is 5. The van der Waals surface area contributed by atoms with Crippen LogP contribution in [-0.2, 0) is 14.4 Å². The Morgan fingerprint density at radius 2 is 1.58 bits per heavy atom. The zero-order valence-corrected chi connectivity index (χ0v) is 22.3. The summed E-state index contributed by atoms with van der Waals surface area (Å²) in [6.45, 7) is 7.54. The molecule has 1 heterocycles. The third kappa shape index (κ3) is 4.79. The van der Waals surface area contributed by atoms with Gasteiger partial charge in [-0.25, -0.2) is 0 Å². The molecule has 36 heavy (non-hydrogen) atoms. The van der Waals surface area contributed by atoms with Gasteiger partial charge >= 0.3 is 5.97 Å². The van der Waals surface area contributed by atoms with E-state index in [2.05, 4.69) is 5.92 Å². The van der Waals surface area contributed by atoms with E-state index < -0.39 is 11.9 Å². The first-order chi connectivity index (χ1) is 16.7. The van der Waals surface area contributed by atoms with Crippen LogP contribution >= 0.6 is 23.2 Å². The van der Waals surface area contributed by atoms with Crippen molar-refractivity contribution in [2.45, 2.75) is 59.3 Å². The quantitative estimate of drug-likeness (QED) is 0.487. The molecule has 0 radical (unpaired) electrons. The Labute approximate surface area is 221 Å². The third-order valence-corrected chi connectivity index (χ3v) is 7.46. The topological polar surface area (TPSA) is 83.9 Å². The summed E-state index contributed by atoms with van der Waals surface area (Å²) in [5.41, 5.74) is 1.81. The van der Waals surface area contributed by atoms with Gasteiger partial charge in [-0.05, 0) is 35.8 Å². The molecule has 8 heteroatoms. The number of halogens is 2. The number of carbonyl (C=O) groups is 3. The number of hydrogen-bond acceptors (Lipinski definition) is 5. The van der Waals surface area contributed by atoms with Gasteiger partial charge in [0.2, 0.25) is 0 Å². The summed E-state index contributed by atoms with van der Waals surface area (Å²) in [5.74, 6) is 0.602. The van der Waals surface area contributed by atoms with Gasteiger partial charge in [-0.3, -0.25) is 14.4 Å². The number of carbonyl (C=O) groups excluding carboxylic acids is 2. The zero-order chi connectivity index (χ0) is 26.6. The normalized spacial score (nSPS) is 21.2. The van der Waals surface area contributed by atoms with Crippen molar-refractivity contribution in [2.75, 3.05) is 13.2 Å². The summed E-state index contributed by atoms with van der Waals surface area (Å²) in [5, 5.41) is 10.4. The van der Waals surface area contributed by atoms with E-state index in [0.717, 1.165) is 0 Å². The van der Waals surface area contributed by atoms with Gasteiger partial charge in [0.25, 0.3) is 0 Å². The number of aliphatic carboxylic acids is 1. The van der Waals surface area contributed by atoms with Crippen molar-refractivity contribution in [1.82, 2.24) is 4.90 Å². The molecule has 6 nitrogen and oxygen atoms in total. The molecule has 3 aliphatic rings. The summed E-state index contributed by atoms with van der Waals surface area (Å²) in [7, 11) is 0. The monoisotopic (exact) mass is 529 g/mol. The molecule has 0 bridgehead atoms. The Morgan fingerprint density at radius 3 is 2.06 bits per heavy atom. The zero-order valence-electron chi connectivity index (χ0n) is 20.8. The number of carboxylic acid groups (broad SMARTS) is 1. The fourth-order valence-electron chi connectivity index (χ4n) is 5.75. The number of terminal acetylenes is 1. The highest BCUT2D eigenvalue weighted by molar-refractivity contribution is 6.35. The lowest BCUT2D eigenvalue weighted by Gasteiger charge is -2.48. The highest BCUT2D eigenvalue weighted by atomic mass is 35.5. The van der Waals surface area contributed by atoms with E-state index >= 15 is 0 Å². The molecule has 4 rings (SSSR count). The van der Waals surface area contributed by atoms with E-state index in [0.29, 0.717) is 46.0 Å². The molecule has 0 aromatic heterocycles. The molecule has 1 aromatic carbocycles. The van der Waals surface area contributed by atoms with Gasteiger partial charge in [-0.2, -0.15) is 0 Å². The lowest BCUT2D eigenvalue weighted by molar-refractivity contribution is -0.138. The summed E-state index contributed by atoms with van der Waals surface area (Å²) in [4.78, 5) is 41.2. The predicted octanol–water partition coefficient (Wildman–Crippen LogP) is 5.78. The van der Waals surface area contributed by atoms with Gasteiger partial charge < -0.3 is 14.7 Å². The first-order valence-electron chi connectivity index (χ1n) is 11.8. The molecule has 0 fully saturated rings. The number of benzene rings is 1. The van der Waals surface area contributed by atoms with Crippen LogP contribution in [0.4, 0.5) is 0 Å². The minimum atomic E-state index is -1.04. The molecule has 0 saturated carbocycles. The molecule has 2 aliphatic carbocycles. The van der Waals surface area contributed by atoms with Gasteiger partial charge in [-0.1, -0.05) is 56.8 Å². The van der Waals surface area contributed by atoms with Gasteiger partial charge in [0.05, 0.1) is 5.02 Å². The van der Waals surface area contributed by atoms with E-state index in [9.17, 15) is 19.5 Å². The molecule has 0 spiro atoms. The average molecular weight is 530 g/mol. The average Bonchev–Trinajstić information content (AvgIpc) is 2.71. The van der Waals surface area contributed by atoms with E-state index in [1.165, 1.54) is 6.07 Å². The lowest BCUT2D eigenvalue weighted by Crippen LogP contribution is -2.45. The Morgan fingerprint density at radius 1 is 1.06 bits per heavy atom. The first-order valence-corrected chi connectivity index (χ1v) is 12.6. The van der Waals surface area contributed by atoms with Crippen LogP contribution < -0.4 is 4.74 Å². The SMILES string of the molecule is C#CCOc1c(Cl)cc(Cl)cc1C1C2=C(CC(C)(C)CC2=O)N(CC(=O)O)C2=C1C(=O)CC(C)(C)C2. The summed E-state index contributed by atoms with van der Waals surface area (Å²) in [6.07, 6.45) is 6.93. The second kappa shape index (κ2) is 9.28. The van der Waals surface area contributed by atoms with E-state index in [4.69, 9.17) is 34.4 Å². The number of Topliss-reactive ketones (excluding diaryl/α,β-unsaturated/α-hetero) is 2. The Balaban J connectivity index is 2.07. The van der Waals surface area contributed by atoms with Crippen LogP contribution in [0.1, 0.15) is 64.9 Å². The molecule has 1 aromatic rings. The highest BCUT2D eigenvalue weighted by Crippen LogP contribution is 2.56. The molecule has 0 saturated heterocycles. The second-order valence-electron chi connectivity index (χ2n) is 11.3. The number of ether oxygens (including phenoxy) is 1. The van der Waals surface area contributed by atoms with Gasteiger partial charge in [0, 0.05) is 51.9 Å². The summed E-state index contributed by atoms with van der Waals surface area (Å²) in [6, 6.07) is 3.19. The van der Waals surface area contributed by atoms with Crippen LogP contribution in [0.5, 0.6) is 5.75 Å². The first kappa shape index (κ1) is 26.3. The number of hydrogen-bond donors (Lipinski definition) is 1. The second-order valence-corrected chi connectivity index (χ2v) is 12.2. The molecule has 190 valence electrons.